The SMILES string of the molecule is O=C(Cc1noc2ccccc12)Nc1ccccc1C(=O)NC1CC1. The summed E-state index contributed by atoms with van der Waals surface area (Å²) in [6.45, 7) is 0. The molecule has 0 atom stereocenters. The minimum Gasteiger partial charge on any atom is -0.356 e. The molecule has 0 aliphatic heterocycles. The van der Waals surface area contributed by atoms with E-state index in [2.05, 4.69) is 15.8 Å². The molecule has 6 heteroatoms. The van der Waals surface area contributed by atoms with Gasteiger partial charge in [-0.05, 0) is 37.1 Å². The molecule has 0 saturated heterocycles. The maximum absolute atomic E-state index is 12.4. The third-order valence-corrected chi connectivity index (χ3v) is 4.14. The zero-order valence-corrected chi connectivity index (χ0v) is 13.5. The molecule has 1 aliphatic rings. The van der Waals surface area contributed by atoms with Crippen molar-refractivity contribution >= 4 is 28.5 Å². The van der Waals surface area contributed by atoms with E-state index in [4.69, 9.17) is 4.52 Å². The van der Waals surface area contributed by atoms with E-state index in [9.17, 15) is 9.59 Å². The molecule has 2 aromatic carbocycles. The third-order valence-electron chi connectivity index (χ3n) is 4.14. The lowest BCUT2D eigenvalue weighted by molar-refractivity contribution is -0.115. The first-order valence-electron chi connectivity index (χ1n) is 8.24. The Morgan fingerprint density at radius 1 is 1.08 bits per heavy atom. The number of anilines is 1. The number of carbonyl (C=O) groups is 2. The number of nitrogens with zero attached hydrogens (tertiary/aromatic N) is 1. The summed E-state index contributed by atoms with van der Waals surface area (Å²) < 4.78 is 5.22. The molecule has 6 nitrogen and oxygen atoms in total. The number of amides is 2. The molecule has 1 aliphatic carbocycles. The van der Waals surface area contributed by atoms with Crippen molar-refractivity contribution in [1.29, 1.82) is 0 Å². The summed E-state index contributed by atoms with van der Waals surface area (Å²) in [4.78, 5) is 24.7. The van der Waals surface area contributed by atoms with Gasteiger partial charge in [0.05, 0.1) is 17.7 Å². The van der Waals surface area contributed by atoms with Crippen molar-refractivity contribution in [2.24, 2.45) is 0 Å². The van der Waals surface area contributed by atoms with Gasteiger partial charge in [0.2, 0.25) is 5.91 Å². The van der Waals surface area contributed by atoms with Gasteiger partial charge < -0.3 is 15.2 Å². The molecule has 1 fully saturated rings. The zero-order valence-electron chi connectivity index (χ0n) is 13.5. The highest BCUT2D eigenvalue weighted by molar-refractivity contribution is 6.04. The average Bonchev–Trinajstić information content (AvgIpc) is 3.34. The summed E-state index contributed by atoms with van der Waals surface area (Å²) >= 11 is 0. The van der Waals surface area contributed by atoms with Crippen molar-refractivity contribution in [2.45, 2.75) is 25.3 Å². The highest BCUT2D eigenvalue weighted by Crippen LogP contribution is 2.22. The molecular weight excluding hydrogens is 318 g/mol. The van der Waals surface area contributed by atoms with Gasteiger partial charge in [0.1, 0.15) is 5.69 Å². The van der Waals surface area contributed by atoms with Crippen LogP contribution in [-0.4, -0.2) is 23.0 Å². The van der Waals surface area contributed by atoms with E-state index < -0.39 is 0 Å². The smallest absolute Gasteiger partial charge is 0.253 e. The summed E-state index contributed by atoms with van der Waals surface area (Å²) in [7, 11) is 0. The highest BCUT2D eigenvalue weighted by Gasteiger charge is 2.25. The lowest BCUT2D eigenvalue weighted by atomic mass is 10.1. The van der Waals surface area contributed by atoms with Crippen LogP contribution in [0, 0.1) is 0 Å². The van der Waals surface area contributed by atoms with E-state index in [0.717, 1.165) is 18.2 Å². The van der Waals surface area contributed by atoms with Gasteiger partial charge in [-0.15, -0.1) is 0 Å². The molecule has 25 heavy (non-hydrogen) atoms. The lowest BCUT2D eigenvalue weighted by Crippen LogP contribution is -2.27. The van der Waals surface area contributed by atoms with Crippen LogP contribution < -0.4 is 10.6 Å². The third kappa shape index (κ3) is 3.38. The zero-order chi connectivity index (χ0) is 17.2. The van der Waals surface area contributed by atoms with Gasteiger partial charge in [0.25, 0.3) is 5.91 Å². The maximum atomic E-state index is 12.4. The van der Waals surface area contributed by atoms with Gasteiger partial charge in [-0.25, -0.2) is 0 Å². The largest absolute Gasteiger partial charge is 0.356 e. The number of hydrogen-bond donors (Lipinski definition) is 2. The van der Waals surface area contributed by atoms with Gasteiger partial charge in [-0.2, -0.15) is 0 Å². The minimum atomic E-state index is -0.245. The van der Waals surface area contributed by atoms with Crippen molar-refractivity contribution in [1.82, 2.24) is 10.5 Å². The van der Waals surface area contributed by atoms with Crippen LogP contribution in [0.4, 0.5) is 5.69 Å². The lowest BCUT2D eigenvalue weighted by Gasteiger charge is -2.10. The molecular formula is C19H17N3O3. The van der Waals surface area contributed by atoms with E-state index in [1.807, 2.05) is 18.2 Å². The monoisotopic (exact) mass is 335 g/mol. The molecule has 0 radical (unpaired) electrons. The van der Waals surface area contributed by atoms with Crippen LogP contribution in [0.25, 0.3) is 11.0 Å². The van der Waals surface area contributed by atoms with Crippen LogP contribution in [0.2, 0.25) is 0 Å². The molecule has 1 aromatic heterocycles. The van der Waals surface area contributed by atoms with Crippen LogP contribution in [-0.2, 0) is 11.2 Å². The Hall–Kier alpha value is -3.15. The summed E-state index contributed by atoms with van der Waals surface area (Å²) in [5.74, 6) is -0.406. The predicted molar refractivity (Wildman–Crippen MR) is 93.3 cm³/mol. The molecule has 2 N–H and O–H groups in total. The molecule has 4 rings (SSSR count). The molecule has 1 saturated carbocycles. The predicted octanol–water partition coefficient (Wildman–Crippen LogP) is 2.90. The standard InChI is InChI=1S/C19H17N3O3/c23-18(11-16-13-5-2-4-8-17(13)25-22-16)21-15-7-3-1-6-14(15)19(24)20-12-9-10-12/h1-8,12H,9-11H2,(H,20,24)(H,21,23). The van der Waals surface area contributed by atoms with Crippen LogP contribution in [0.15, 0.2) is 53.1 Å². The first-order valence-corrected chi connectivity index (χ1v) is 8.24. The molecule has 0 unspecified atom stereocenters. The van der Waals surface area contributed by atoms with E-state index in [1.54, 1.807) is 30.3 Å². The second kappa shape index (κ2) is 6.39. The summed E-state index contributed by atoms with van der Waals surface area (Å²) in [6.07, 6.45) is 2.11. The molecule has 3 aromatic rings. The second-order valence-corrected chi connectivity index (χ2v) is 6.14. The number of carbonyl (C=O) groups excluding carboxylic acids is 2. The van der Waals surface area contributed by atoms with Gasteiger partial charge in [0.15, 0.2) is 5.58 Å². The Balaban J connectivity index is 1.50. The molecule has 0 bridgehead atoms. The number of rotatable bonds is 5. The average molecular weight is 335 g/mol. The van der Waals surface area contributed by atoms with E-state index in [0.29, 0.717) is 22.5 Å². The van der Waals surface area contributed by atoms with Crippen LogP contribution in [0.1, 0.15) is 28.9 Å². The van der Waals surface area contributed by atoms with Gasteiger partial charge in [-0.3, -0.25) is 9.59 Å². The fraction of sp³-hybridized carbons (Fsp3) is 0.211. The first-order chi connectivity index (χ1) is 12.2. The Labute approximate surface area is 144 Å². The number of aromatic nitrogens is 1. The Kier molecular flexibility index (Phi) is 3.93. The summed E-state index contributed by atoms with van der Waals surface area (Å²) in [6, 6.07) is 14.7. The number of fused-ring (bicyclic) bond motifs is 1. The van der Waals surface area contributed by atoms with Crippen LogP contribution >= 0.6 is 0 Å². The van der Waals surface area contributed by atoms with Crippen molar-refractivity contribution in [3.05, 3.63) is 59.8 Å². The van der Waals surface area contributed by atoms with Crippen molar-refractivity contribution in [2.75, 3.05) is 5.32 Å². The van der Waals surface area contributed by atoms with Crippen molar-refractivity contribution in [3.63, 3.8) is 0 Å². The quantitative estimate of drug-likeness (QED) is 0.751. The number of nitrogens with one attached hydrogen (secondary N) is 2. The normalized spacial score (nSPS) is 13.6. The van der Waals surface area contributed by atoms with E-state index in [-0.39, 0.29) is 24.3 Å². The van der Waals surface area contributed by atoms with Gasteiger partial charge in [0, 0.05) is 11.4 Å². The van der Waals surface area contributed by atoms with E-state index >= 15 is 0 Å². The Bertz CT molecular complexity index is 944. The van der Waals surface area contributed by atoms with Crippen molar-refractivity contribution in [3.8, 4) is 0 Å². The van der Waals surface area contributed by atoms with E-state index in [1.165, 1.54) is 0 Å². The van der Waals surface area contributed by atoms with Crippen LogP contribution in [0.5, 0.6) is 0 Å². The second-order valence-electron chi connectivity index (χ2n) is 6.14. The molecule has 1 heterocycles. The molecule has 126 valence electrons. The topological polar surface area (TPSA) is 84.2 Å². The minimum absolute atomic E-state index is 0.0790. The highest BCUT2D eigenvalue weighted by atomic mass is 16.5. The molecule has 0 spiro atoms. The Morgan fingerprint density at radius 2 is 1.84 bits per heavy atom. The number of hydrogen-bond acceptors (Lipinski definition) is 4. The van der Waals surface area contributed by atoms with Crippen molar-refractivity contribution < 1.29 is 14.1 Å². The van der Waals surface area contributed by atoms with Gasteiger partial charge >= 0.3 is 0 Å². The summed E-state index contributed by atoms with van der Waals surface area (Å²) in [5, 5.41) is 10.5. The van der Waals surface area contributed by atoms with Gasteiger partial charge in [-0.1, -0.05) is 29.4 Å². The fourth-order valence-electron chi connectivity index (χ4n) is 2.69. The Morgan fingerprint density at radius 3 is 2.68 bits per heavy atom. The first kappa shape index (κ1) is 15.4. The fourth-order valence-corrected chi connectivity index (χ4v) is 2.69. The number of benzene rings is 2. The summed E-state index contributed by atoms with van der Waals surface area (Å²) in [5.41, 5.74) is 2.19. The number of para-hydroxylation sites is 2. The van der Waals surface area contributed by atoms with Crippen LogP contribution in [0.3, 0.4) is 0 Å². The maximum Gasteiger partial charge on any atom is 0.253 e. The molecule has 2 amide bonds.